The van der Waals surface area contributed by atoms with E-state index in [1.165, 1.54) is 18.2 Å². The highest BCUT2D eigenvalue weighted by atomic mass is 16.5. The van der Waals surface area contributed by atoms with Crippen molar-refractivity contribution >= 4 is 12.3 Å². The lowest BCUT2D eigenvalue weighted by molar-refractivity contribution is 0.0691. The molecule has 0 amide bonds. The Morgan fingerprint density at radius 3 is 2.47 bits per heavy atom. The van der Waals surface area contributed by atoms with Gasteiger partial charge in [0, 0.05) is 0 Å². The van der Waals surface area contributed by atoms with Crippen molar-refractivity contribution in [2.24, 2.45) is 0 Å². The van der Waals surface area contributed by atoms with E-state index in [9.17, 15) is 9.59 Å². The number of para-hydroxylation sites is 1. The Hall–Kier alpha value is -2.62. The summed E-state index contributed by atoms with van der Waals surface area (Å²) < 4.78 is 5.49. The number of benzene rings is 2. The van der Waals surface area contributed by atoms with Crippen LogP contribution < -0.4 is 4.74 Å². The third kappa shape index (κ3) is 2.98. The van der Waals surface area contributed by atoms with Crippen LogP contribution in [0.2, 0.25) is 0 Å². The molecule has 0 aliphatic rings. The molecule has 0 saturated heterocycles. The van der Waals surface area contributed by atoms with Crippen molar-refractivity contribution in [3.05, 3.63) is 65.2 Å². The summed E-state index contributed by atoms with van der Waals surface area (Å²) in [7, 11) is 0. The minimum atomic E-state index is -1.12. The summed E-state index contributed by atoms with van der Waals surface area (Å²) in [6, 6.07) is 13.8. The lowest BCUT2D eigenvalue weighted by Gasteiger charge is -2.11. The van der Waals surface area contributed by atoms with Gasteiger partial charge in [0.05, 0.1) is 5.56 Å². The van der Waals surface area contributed by atoms with Crippen molar-refractivity contribution < 1.29 is 19.4 Å². The molecule has 0 heterocycles. The van der Waals surface area contributed by atoms with Crippen LogP contribution in [0.25, 0.3) is 0 Å². The average molecular weight is 256 g/mol. The maximum atomic E-state index is 11.1. The number of carboxylic acid groups (broad SMARTS) is 1. The van der Waals surface area contributed by atoms with Crippen LogP contribution in [0, 0.1) is 0 Å². The number of rotatable bonds is 5. The predicted molar refractivity (Wildman–Crippen MR) is 69.6 cm³/mol. The quantitative estimate of drug-likeness (QED) is 0.835. The molecule has 4 heteroatoms. The van der Waals surface area contributed by atoms with Crippen molar-refractivity contribution in [2.45, 2.75) is 6.61 Å². The van der Waals surface area contributed by atoms with E-state index in [0.29, 0.717) is 6.29 Å². The number of hydrogen-bond acceptors (Lipinski definition) is 3. The summed E-state index contributed by atoms with van der Waals surface area (Å²) in [5.41, 5.74) is 1.12. The van der Waals surface area contributed by atoms with Gasteiger partial charge in [-0.1, -0.05) is 36.4 Å². The smallest absolute Gasteiger partial charge is 0.339 e. The molecule has 1 N–H and O–H groups in total. The Kier molecular flexibility index (Phi) is 3.93. The number of hydrogen-bond donors (Lipinski definition) is 1. The second-order valence-corrected chi connectivity index (χ2v) is 3.92. The maximum Gasteiger partial charge on any atom is 0.339 e. The number of carboxylic acids is 1. The molecule has 4 nitrogen and oxygen atoms in total. The highest BCUT2D eigenvalue weighted by molar-refractivity contribution is 5.95. The summed E-state index contributed by atoms with van der Waals surface area (Å²) in [4.78, 5) is 22.0. The van der Waals surface area contributed by atoms with Crippen LogP contribution in [-0.2, 0) is 6.61 Å². The highest BCUT2D eigenvalue weighted by Gasteiger charge is 2.15. The molecule has 0 unspecified atom stereocenters. The first-order valence-electron chi connectivity index (χ1n) is 5.70. The van der Waals surface area contributed by atoms with Gasteiger partial charge in [-0.25, -0.2) is 4.79 Å². The van der Waals surface area contributed by atoms with Gasteiger partial charge >= 0.3 is 5.97 Å². The fourth-order valence-corrected chi connectivity index (χ4v) is 1.71. The van der Waals surface area contributed by atoms with E-state index >= 15 is 0 Å². The Morgan fingerprint density at radius 2 is 1.84 bits per heavy atom. The summed E-state index contributed by atoms with van der Waals surface area (Å²) in [5.74, 6) is -1.01. The van der Waals surface area contributed by atoms with Crippen LogP contribution in [0.1, 0.15) is 26.3 Å². The number of carbonyl (C=O) groups is 2. The lowest BCUT2D eigenvalue weighted by atomic mass is 10.1. The first-order chi connectivity index (χ1) is 9.22. The van der Waals surface area contributed by atoms with E-state index in [0.717, 1.165) is 5.56 Å². The zero-order valence-corrected chi connectivity index (χ0v) is 10.1. The van der Waals surface area contributed by atoms with Gasteiger partial charge < -0.3 is 9.84 Å². The van der Waals surface area contributed by atoms with Gasteiger partial charge in [-0.3, -0.25) is 4.79 Å². The molecule has 0 fully saturated rings. The van der Waals surface area contributed by atoms with E-state index < -0.39 is 5.97 Å². The molecule has 0 spiro atoms. The van der Waals surface area contributed by atoms with Gasteiger partial charge in [0.1, 0.15) is 17.9 Å². The molecule has 0 aromatic heterocycles. The summed E-state index contributed by atoms with van der Waals surface area (Å²) in [6.45, 7) is 0.214. The van der Waals surface area contributed by atoms with Gasteiger partial charge in [-0.05, 0) is 17.7 Å². The zero-order valence-electron chi connectivity index (χ0n) is 10.1. The predicted octanol–water partition coefficient (Wildman–Crippen LogP) is 2.78. The molecule has 0 saturated carbocycles. The normalized spacial score (nSPS) is 9.89. The van der Waals surface area contributed by atoms with E-state index in [2.05, 4.69) is 0 Å². The van der Waals surface area contributed by atoms with Crippen molar-refractivity contribution in [1.82, 2.24) is 0 Å². The van der Waals surface area contributed by atoms with Gasteiger partial charge in [0.2, 0.25) is 0 Å². The van der Waals surface area contributed by atoms with E-state index in [1.807, 2.05) is 30.3 Å². The molecule has 0 atom stereocenters. The number of aromatic carboxylic acids is 1. The summed E-state index contributed by atoms with van der Waals surface area (Å²) >= 11 is 0. The van der Waals surface area contributed by atoms with Crippen molar-refractivity contribution in [3.8, 4) is 5.75 Å². The molecule has 96 valence electrons. The minimum absolute atomic E-state index is 0.0134. The first-order valence-corrected chi connectivity index (χ1v) is 5.70. The molecule has 2 aromatic rings. The molecular formula is C15H12O4. The van der Waals surface area contributed by atoms with E-state index in [-0.39, 0.29) is 23.5 Å². The molecule has 0 aliphatic heterocycles. The SMILES string of the molecule is O=Cc1cccc(C(=O)O)c1OCc1ccccc1. The number of carbonyl (C=O) groups excluding carboxylic acids is 1. The average Bonchev–Trinajstić information content (AvgIpc) is 2.45. The van der Waals surface area contributed by atoms with E-state index in [1.54, 1.807) is 0 Å². The molecule has 0 aliphatic carbocycles. The standard InChI is InChI=1S/C15H12O4/c16-9-12-7-4-8-13(15(17)18)14(12)19-10-11-5-2-1-3-6-11/h1-9H,10H2,(H,17,18). The van der Waals surface area contributed by atoms with Gasteiger partial charge in [-0.2, -0.15) is 0 Å². The Morgan fingerprint density at radius 1 is 1.11 bits per heavy atom. The third-order valence-corrected chi connectivity index (χ3v) is 2.63. The van der Waals surface area contributed by atoms with Gasteiger partial charge in [0.15, 0.2) is 6.29 Å². The maximum absolute atomic E-state index is 11.1. The summed E-state index contributed by atoms with van der Waals surface area (Å²) in [6.07, 6.45) is 0.590. The van der Waals surface area contributed by atoms with Gasteiger partial charge in [-0.15, -0.1) is 0 Å². The molecule has 19 heavy (non-hydrogen) atoms. The van der Waals surface area contributed by atoms with Crippen LogP contribution in [0.4, 0.5) is 0 Å². The minimum Gasteiger partial charge on any atom is -0.487 e. The van der Waals surface area contributed by atoms with Crippen LogP contribution >= 0.6 is 0 Å². The van der Waals surface area contributed by atoms with Gasteiger partial charge in [0.25, 0.3) is 0 Å². The first kappa shape index (κ1) is 12.8. The van der Waals surface area contributed by atoms with Crippen LogP contribution in [0.3, 0.4) is 0 Å². The zero-order chi connectivity index (χ0) is 13.7. The largest absolute Gasteiger partial charge is 0.487 e. The third-order valence-electron chi connectivity index (χ3n) is 2.63. The monoisotopic (exact) mass is 256 g/mol. The second-order valence-electron chi connectivity index (χ2n) is 3.92. The topological polar surface area (TPSA) is 63.6 Å². The Balaban J connectivity index is 2.28. The molecule has 0 bridgehead atoms. The Bertz CT molecular complexity index is 590. The van der Waals surface area contributed by atoms with Crippen molar-refractivity contribution in [2.75, 3.05) is 0 Å². The molecule has 2 rings (SSSR count). The van der Waals surface area contributed by atoms with Crippen molar-refractivity contribution in [3.63, 3.8) is 0 Å². The van der Waals surface area contributed by atoms with Crippen LogP contribution in [0.15, 0.2) is 48.5 Å². The second kappa shape index (κ2) is 5.82. The highest BCUT2D eigenvalue weighted by Crippen LogP contribution is 2.24. The van der Waals surface area contributed by atoms with Crippen LogP contribution in [0.5, 0.6) is 5.75 Å². The Labute approximate surface area is 110 Å². The summed E-state index contributed by atoms with van der Waals surface area (Å²) in [5, 5.41) is 9.09. The fraction of sp³-hybridized carbons (Fsp3) is 0.0667. The molecule has 2 aromatic carbocycles. The van der Waals surface area contributed by atoms with Crippen LogP contribution in [-0.4, -0.2) is 17.4 Å². The molecule has 0 radical (unpaired) electrons. The van der Waals surface area contributed by atoms with Crippen molar-refractivity contribution in [1.29, 1.82) is 0 Å². The fourth-order valence-electron chi connectivity index (χ4n) is 1.71. The lowest BCUT2D eigenvalue weighted by Crippen LogP contribution is -2.06. The van der Waals surface area contributed by atoms with E-state index in [4.69, 9.17) is 9.84 Å². The number of ether oxygens (including phenoxy) is 1. The molecular weight excluding hydrogens is 244 g/mol. The number of aldehydes is 1.